The molecule has 0 radical (unpaired) electrons. The summed E-state index contributed by atoms with van der Waals surface area (Å²) in [6.45, 7) is 0.332. The number of unbranched alkanes of at least 4 members (excludes halogenated alkanes) is 2. The first kappa shape index (κ1) is 16.7. The fourth-order valence-corrected chi connectivity index (χ4v) is 1.71. The second kappa shape index (κ2) is 8.75. The Bertz CT molecular complexity index is 493. The highest BCUT2D eigenvalue weighted by Gasteiger charge is 2.15. The number of nitro benzene ring substituents is 1. The van der Waals surface area contributed by atoms with Gasteiger partial charge in [-0.1, -0.05) is 0 Å². The minimum Gasteiger partial charge on any atom is -0.497 e. The van der Waals surface area contributed by atoms with Crippen LogP contribution in [0.5, 0.6) is 11.5 Å². The van der Waals surface area contributed by atoms with Crippen molar-refractivity contribution in [1.82, 2.24) is 5.43 Å². The number of hydrazine groups is 1. The van der Waals surface area contributed by atoms with E-state index in [0.29, 0.717) is 31.6 Å². The molecule has 0 saturated carbocycles. The maximum atomic E-state index is 10.9. The second-order valence-electron chi connectivity index (χ2n) is 4.32. The standard InChI is InChI=1S/C13H19N3O5/c1-20-10-6-7-11(16(18)19)12(9-10)21-8-4-2-3-5-13(17)15-14/h6-7,9H,2-5,8,14H2,1H3,(H,15,17). The number of rotatable bonds is 9. The van der Waals surface area contributed by atoms with Gasteiger partial charge in [0.1, 0.15) is 5.75 Å². The van der Waals surface area contributed by atoms with Crippen LogP contribution in [0.1, 0.15) is 25.7 Å². The summed E-state index contributed by atoms with van der Waals surface area (Å²) in [5.74, 6) is 5.43. The van der Waals surface area contributed by atoms with Crippen molar-refractivity contribution in [2.45, 2.75) is 25.7 Å². The monoisotopic (exact) mass is 297 g/mol. The fourth-order valence-electron chi connectivity index (χ4n) is 1.71. The zero-order chi connectivity index (χ0) is 15.7. The molecule has 1 amide bonds. The molecule has 0 aromatic heterocycles. The Balaban J connectivity index is 2.43. The molecule has 0 unspecified atom stereocenters. The van der Waals surface area contributed by atoms with Gasteiger partial charge < -0.3 is 9.47 Å². The second-order valence-corrected chi connectivity index (χ2v) is 4.32. The Morgan fingerprint density at radius 3 is 2.76 bits per heavy atom. The van der Waals surface area contributed by atoms with Gasteiger partial charge in [0, 0.05) is 18.6 Å². The number of nitrogens with two attached hydrogens (primary N) is 1. The third-order valence-corrected chi connectivity index (χ3v) is 2.83. The van der Waals surface area contributed by atoms with E-state index in [1.807, 2.05) is 0 Å². The molecule has 0 saturated heterocycles. The molecule has 1 aromatic carbocycles. The number of carbonyl (C=O) groups excluding carboxylic acids is 1. The summed E-state index contributed by atoms with van der Waals surface area (Å²) in [7, 11) is 1.48. The Morgan fingerprint density at radius 2 is 2.14 bits per heavy atom. The maximum Gasteiger partial charge on any atom is 0.311 e. The number of nitrogens with zero attached hydrogens (tertiary/aromatic N) is 1. The lowest BCUT2D eigenvalue weighted by Gasteiger charge is -2.08. The Morgan fingerprint density at radius 1 is 1.38 bits per heavy atom. The summed E-state index contributed by atoms with van der Waals surface area (Å²) in [5.41, 5.74) is 1.96. The van der Waals surface area contributed by atoms with Crippen LogP contribution in [-0.4, -0.2) is 24.5 Å². The molecule has 1 rings (SSSR count). The molecule has 0 bridgehead atoms. The highest BCUT2D eigenvalue weighted by Crippen LogP contribution is 2.31. The van der Waals surface area contributed by atoms with Crippen LogP contribution in [0.25, 0.3) is 0 Å². The number of nitro groups is 1. The summed E-state index contributed by atoms with van der Waals surface area (Å²) in [4.78, 5) is 21.3. The van der Waals surface area contributed by atoms with Crippen molar-refractivity contribution in [3.63, 3.8) is 0 Å². The molecule has 0 atom stereocenters. The normalized spacial score (nSPS) is 10.0. The number of carbonyl (C=O) groups is 1. The molecule has 0 aliphatic rings. The van der Waals surface area contributed by atoms with Gasteiger partial charge in [0.05, 0.1) is 18.6 Å². The first-order valence-corrected chi connectivity index (χ1v) is 6.53. The molecule has 0 heterocycles. The van der Waals surface area contributed by atoms with Gasteiger partial charge in [-0.15, -0.1) is 0 Å². The van der Waals surface area contributed by atoms with Gasteiger partial charge in [-0.3, -0.25) is 20.3 Å². The highest BCUT2D eigenvalue weighted by atomic mass is 16.6. The number of nitrogens with one attached hydrogen (secondary N) is 1. The summed E-state index contributed by atoms with van der Waals surface area (Å²) in [5, 5.41) is 10.9. The van der Waals surface area contributed by atoms with Crippen LogP contribution >= 0.6 is 0 Å². The van der Waals surface area contributed by atoms with Crippen molar-refractivity contribution in [3.8, 4) is 11.5 Å². The largest absolute Gasteiger partial charge is 0.497 e. The van der Waals surface area contributed by atoms with Gasteiger partial charge in [0.15, 0.2) is 0 Å². The van der Waals surface area contributed by atoms with Crippen molar-refractivity contribution in [3.05, 3.63) is 28.3 Å². The summed E-state index contributed by atoms with van der Waals surface area (Å²) >= 11 is 0. The summed E-state index contributed by atoms with van der Waals surface area (Å²) in [6.07, 6.45) is 2.50. The van der Waals surface area contributed by atoms with Crippen LogP contribution in [0.2, 0.25) is 0 Å². The first-order valence-electron chi connectivity index (χ1n) is 6.53. The minimum absolute atomic E-state index is 0.0988. The number of amides is 1. The van der Waals surface area contributed by atoms with E-state index in [1.54, 1.807) is 0 Å². The SMILES string of the molecule is COc1ccc([N+](=O)[O-])c(OCCCCCC(=O)NN)c1. The van der Waals surface area contributed by atoms with E-state index in [9.17, 15) is 14.9 Å². The van der Waals surface area contributed by atoms with Crippen LogP contribution in [0, 0.1) is 10.1 Å². The molecule has 1 aromatic rings. The molecule has 3 N–H and O–H groups in total. The van der Waals surface area contributed by atoms with Crippen LogP contribution in [0.15, 0.2) is 18.2 Å². The Kier molecular flexibility index (Phi) is 6.96. The van der Waals surface area contributed by atoms with Gasteiger partial charge in [0.25, 0.3) is 0 Å². The summed E-state index contributed by atoms with van der Waals surface area (Å²) in [6, 6.07) is 4.34. The maximum absolute atomic E-state index is 10.9. The molecule has 8 heteroatoms. The first-order chi connectivity index (χ1) is 10.1. The average Bonchev–Trinajstić information content (AvgIpc) is 2.49. The lowest BCUT2D eigenvalue weighted by Crippen LogP contribution is -2.29. The predicted octanol–water partition coefficient (Wildman–Crippen LogP) is 1.53. The van der Waals surface area contributed by atoms with E-state index in [0.717, 1.165) is 6.42 Å². The summed E-state index contributed by atoms with van der Waals surface area (Å²) < 4.78 is 10.4. The number of benzene rings is 1. The molecule has 0 spiro atoms. The van der Waals surface area contributed by atoms with Gasteiger partial charge in [-0.05, 0) is 25.3 Å². The molecular weight excluding hydrogens is 278 g/mol. The van der Waals surface area contributed by atoms with E-state index in [4.69, 9.17) is 15.3 Å². The quantitative estimate of drug-likeness (QED) is 0.235. The van der Waals surface area contributed by atoms with Crippen molar-refractivity contribution in [2.75, 3.05) is 13.7 Å². The number of hydrogen-bond acceptors (Lipinski definition) is 6. The van der Waals surface area contributed by atoms with Gasteiger partial charge >= 0.3 is 5.69 Å². The van der Waals surface area contributed by atoms with E-state index in [-0.39, 0.29) is 17.3 Å². The fraction of sp³-hybridized carbons (Fsp3) is 0.462. The van der Waals surface area contributed by atoms with Crippen molar-refractivity contribution in [1.29, 1.82) is 0 Å². The topological polar surface area (TPSA) is 117 Å². The number of methoxy groups -OCH3 is 1. The zero-order valence-corrected chi connectivity index (χ0v) is 11.8. The van der Waals surface area contributed by atoms with Crippen molar-refractivity contribution in [2.24, 2.45) is 5.84 Å². The Hall–Kier alpha value is -2.35. The van der Waals surface area contributed by atoms with Gasteiger partial charge in [-0.25, -0.2) is 5.84 Å². The van der Waals surface area contributed by atoms with E-state index in [2.05, 4.69) is 5.43 Å². The molecule has 8 nitrogen and oxygen atoms in total. The third kappa shape index (κ3) is 5.65. The average molecular weight is 297 g/mol. The molecule has 0 fully saturated rings. The van der Waals surface area contributed by atoms with E-state index in [1.165, 1.54) is 25.3 Å². The molecule has 0 aliphatic carbocycles. The lowest BCUT2D eigenvalue weighted by molar-refractivity contribution is -0.385. The van der Waals surface area contributed by atoms with Crippen molar-refractivity contribution < 1.29 is 19.2 Å². The molecule has 21 heavy (non-hydrogen) atoms. The van der Waals surface area contributed by atoms with E-state index < -0.39 is 4.92 Å². The minimum atomic E-state index is -0.500. The lowest BCUT2D eigenvalue weighted by atomic mass is 10.2. The molecule has 0 aliphatic heterocycles. The number of hydrogen-bond donors (Lipinski definition) is 2. The van der Waals surface area contributed by atoms with Gasteiger partial charge in [0.2, 0.25) is 11.7 Å². The smallest absolute Gasteiger partial charge is 0.311 e. The molecule has 116 valence electrons. The highest BCUT2D eigenvalue weighted by molar-refractivity contribution is 5.75. The van der Waals surface area contributed by atoms with Crippen LogP contribution in [-0.2, 0) is 4.79 Å². The van der Waals surface area contributed by atoms with E-state index >= 15 is 0 Å². The van der Waals surface area contributed by atoms with Crippen LogP contribution in [0.3, 0.4) is 0 Å². The van der Waals surface area contributed by atoms with Crippen molar-refractivity contribution >= 4 is 11.6 Å². The van der Waals surface area contributed by atoms with Crippen LogP contribution < -0.4 is 20.7 Å². The Labute approximate surface area is 122 Å². The number of ether oxygens (including phenoxy) is 2. The predicted molar refractivity (Wildman–Crippen MR) is 75.9 cm³/mol. The third-order valence-electron chi connectivity index (χ3n) is 2.83. The zero-order valence-electron chi connectivity index (χ0n) is 11.8. The molecular formula is C13H19N3O5. The van der Waals surface area contributed by atoms with Crippen LogP contribution in [0.4, 0.5) is 5.69 Å². The van der Waals surface area contributed by atoms with Gasteiger partial charge in [-0.2, -0.15) is 0 Å².